The Morgan fingerprint density at radius 1 is 1.44 bits per heavy atom. The van der Waals surface area contributed by atoms with Gasteiger partial charge in [0, 0.05) is 10.9 Å². The summed E-state index contributed by atoms with van der Waals surface area (Å²) in [6.45, 7) is 5.62. The lowest BCUT2D eigenvalue weighted by molar-refractivity contribution is 0.148. The highest BCUT2D eigenvalue weighted by molar-refractivity contribution is 9.11. The minimum atomic E-state index is 0.377. The van der Waals surface area contributed by atoms with Crippen molar-refractivity contribution in [3.63, 3.8) is 0 Å². The summed E-state index contributed by atoms with van der Waals surface area (Å²) in [6.07, 6.45) is 6.75. The summed E-state index contributed by atoms with van der Waals surface area (Å²) in [5, 5.41) is 4.53. The first kappa shape index (κ1) is 14.8. The molecule has 0 bridgehead atoms. The molecule has 1 aliphatic rings. The van der Waals surface area contributed by atoms with Gasteiger partial charge in [0.05, 0.1) is 8.81 Å². The lowest BCUT2D eigenvalue weighted by Crippen LogP contribution is -2.37. The molecule has 1 aromatic rings. The molecule has 1 atom stereocenters. The van der Waals surface area contributed by atoms with E-state index in [0.717, 1.165) is 15.4 Å². The topological polar surface area (TPSA) is 12.0 Å². The van der Waals surface area contributed by atoms with Crippen LogP contribution < -0.4 is 5.32 Å². The molecule has 18 heavy (non-hydrogen) atoms. The first-order chi connectivity index (χ1) is 8.57. The first-order valence-corrected chi connectivity index (χ1v) is 8.73. The van der Waals surface area contributed by atoms with Gasteiger partial charge in [0.25, 0.3) is 0 Å². The van der Waals surface area contributed by atoms with Gasteiger partial charge in [0.2, 0.25) is 0 Å². The molecule has 1 fully saturated rings. The van der Waals surface area contributed by atoms with Crippen LogP contribution >= 0.6 is 38.9 Å². The van der Waals surface area contributed by atoms with Crippen molar-refractivity contribution in [3.8, 4) is 0 Å². The van der Waals surface area contributed by atoms with Crippen molar-refractivity contribution in [1.82, 2.24) is 5.32 Å². The Balaban J connectivity index is 2.26. The molecule has 1 heterocycles. The average Bonchev–Trinajstić information content (AvgIpc) is 2.67. The Bertz CT molecular complexity index is 379. The fraction of sp³-hybridized carbons (Fsp3) is 0.714. The van der Waals surface area contributed by atoms with Gasteiger partial charge >= 0.3 is 0 Å². The third-order valence-electron chi connectivity index (χ3n) is 4.05. The summed E-state index contributed by atoms with van der Waals surface area (Å²) in [5.41, 5.74) is 0.377. The van der Waals surface area contributed by atoms with Crippen LogP contribution in [0, 0.1) is 5.41 Å². The molecular formula is C14H21BrClNS. The zero-order chi connectivity index (χ0) is 13.2. The summed E-state index contributed by atoms with van der Waals surface area (Å²) >= 11 is 11.5. The molecule has 0 aromatic carbocycles. The molecule has 1 N–H and O–H groups in total. The van der Waals surface area contributed by atoms with Crippen molar-refractivity contribution < 1.29 is 0 Å². The van der Waals surface area contributed by atoms with Crippen molar-refractivity contribution in [1.29, 1.82) is 0 Å². The van der Waals surface area contributed by atoms with Crippen LogP contribution in [0.5, 0.6) is 0 Å². The van der Waals surface area contributed by atoms with E-state index in [1.54, 1.807) is 11.3 Å². The predicted molar refractivity (Wildman–Crippen MR) is 84.6 cm³/mol. The number of thiophene rings is 1. The molecule has 0 amide bonds. The lowest BCUT2D eigenvalue weighted by atomic mass is 9.70. The second kappa shape index (κ2) is 6.25. The highest BCUT2D eigenvalue weighted by Gasteiger charge is 2.36. The molecule has 0 saturated heterocycles. The summed E-state index contributed by atoms with van der Waals surface area (Å²) < 4.78 is 1.06. The number of hydrogen-bond donors (Lipinski definition) is 1. The van der Waals surface area contributed by atoms with Crippen LogP contribution in [0.15, 0.2) is 9.85 Å². The summed E-state index contributed by atoms with van der Waals surface area (Å²) in [6, 6.07) is 2.57. The monoisotopic (exact) mass is 349 g/mol. The molecule has 1 aromatic heterocycles. The Kier molecular flexibility index (Phi) is 5.15. The zero-order valence-corrected chi connectivity index (χ0v) is 14.2. The van der Waals surface area contributed by atoms with E-state index in [1.165, 1.54) is 37.0 Å². The third-order valence-corrected chi connectivity index (χ3v) is 6.59. The number of hydrogen-bond acceptors (Lipinski definition) is 2. The van der Waals surface area contributed by atoms with Gasteiger partial charge in [-0.2, -0.15) is 0 Å². The lowest BCUT2D eigenvalue weighted by Gasteiger charge is -2.41. The third kappa shape index (κ3) is 3.12. The fourth-order valence-corrected chi connectivity index (χ4v) is 5.05. The Morgan fingerprint density at radius 2 is 2.11 bits per heavy atom. The Labute approximate surface area is 127 Å². The maximum absolute atomic E-state index is 6.19. The van der Waals surface area contributed by atoms with E-state index in [1.807, 2.05) is 0 Å². The van der Waals surface area contributed by atoms with Crippen molar-refractivity contribution in [2.75, 3.05) is 6.54 Å². The molecule has 4 heteroatoms. The molecule has 1 unspecified atom stereocenters. The minimum Gasteiger partial charge on any atom is -0.309 e. The van der Waals surface area contributed by atoms with Crippen LogP contribution in [0.3, 0.4) is 0 Å². The predicted octanol–water partition coefficient (Wildman–Crippen LogP) is 5.79. The zero-order valence-electron chi connectivity index (χ0n) is 11.1. The van der Waals surface area contributed by atoms with E-state index < -0.39 is 0 Å². The summed E-state index contributed by atoms with van der Waals surface area (Å²) in [5.74, 6) is 0. The summed E-state index contributed by atoms with van der Waals surface area (Å²) in [7, 11) is 0. The smallest absolute Gasteiger partial charge is 0.0888 e. The van der Waals surface area contributed by atoms with E-state index in [0.29, 0.717) is 11.5 Å². The molecule has 2 rings (SSSR count). The second-order valence-corrected chi connectivity index (χ2v) is 8.28. The highest BCUT2D eigenvalue weighted by atomic mass is 79.9. The van der Waals surface area contributed by atoms with Crippen molar-refractivity contribution >= 4 is 38.9 Å². The van der Waals surface area contributed by atoms with E-state index >= 15 is 0 Å². The van der Waals surface area contributed by atoms with Gasteiger partial charge in [0.15, 0.2) is 0 Å². The van der Waals surface area contributed by atoms with Crippen LogP contribution in [0.2, 0.25) is 5.02 Å². The van der Waals surface area contributed by atoms with Crippen LogP contribution in [-0.2, 0) is 0 Å². The van der Waals surface area contributed by atoms with Crippen LogP contribution in [0.25, 0.3) is 0 Å². The van der Waals surface area contributed by atoms with Crippen molar-refractivity contribution in [3.05, 3.63) is 19.8 Å². The first-order valence-electron chi connectivity index (χ1n) is 6.75. The van der Waals surface area contributed by atoms with Gasteiger partial charge in [-0.25, -0.2) is 0 Å². The largest absolute Gasteiger partial charge is 0.309 e. The van der Waals surface area contributed by atoms with E-state index in [-0.39, 0.29) is 0 Å². The average molecular weight is 351 g/mol. The minimum absolute atomic E-state index is 0.377. The van der Waals surface area contributed by atoms with Crippen LogP contribution in [0.1, 0.15) is 56.9 Å². The Hall–Kier alpha value is 0.430. The number of nitrogens with one attached hydrogen (secondary N) is 1. The molecular weight excluding hydrogens is 330 g/mol. The highest BCUT2D eigenvalue weighted by Crippen LogP contribution is 2.48. The molecule has 1 saturated carbocycles. The van der Waals surface area contributed by atoms with E-state index in [9.17, 15) is 0 Å². The molecule has 102 valence electrons. The molecule has 1 nitrogen and oxygen atoms in total. The van der Waals surface area contributed by atoms with Gasteiger partial charge in [0.1, 0.15) is 0 Å². The SMILES string of the molecule is CCNC(c1cc(Cl)c(Br)s1)C1(C)CCCCC1. The van der Waals surface area contributed by atoms with Gasteiger partial charge in [-0.15, -0.1) is 11.3 Å². The van der Waals surface area contributed by atoms with Gasteiger partial charge < -0.3 is 5.32 Å². The van der Waals surface area contributed by atoms with Gasteiger partial charge in [-0.3, -0.25) is 0 Å². The standard InChI is InChI=1S/C14H21BrClNS/c1-3-17-12(11-9-10(16)13(15)18-11)14(2)7-5-4-6-8-14/h9,12,17H,3-8H2,1-2H3. The molecule has 0 radical (unpaired) electrons. The van der Waals surface area contributed by atoms with Crippen LogP contribution in [0.4, 0.5) is 0 Å². The number of halogens is 2. The fourth-order valence-electron chi connectivity index (χ4n) is 3.05. The van der Waals surface area contributed by atoms with Gasteiger partial charge in [-0.1, -0.05) is 44.7 Å². The van der Waals surface area contributed by atoms with E-state index in [2.05, 4.69) is 41.2 Å². The molecule has 0 aliphatic heterocycles. The maximum atomic E-state index is 6.19. The van der Waals surface area contributed by atoms with Crippen molar-refractivity contribution in [2.24, 2.45) is 5.41 Å². The maximum Gasteiger partial charge on any atom is 0.0888 e. The number of rotatable bonds is 4. The summed E-state index contributed by atoms with van der Waals surface area (Å²) in [4.78, 5) is 1.37. The second-order valence-electron chi connectivity index (χ2n) is 5.48. The normalized spacial score (nSPS) is 20.9. The Morgan fingerprint density at radius 3 is 2.61 bits per heavy atom. The quantitative estimate of drug-likeness (QED) is 0.725. The van der Waals surface area contributed by atoms with Gasteiger partial charge in [-0.05, 0) is 46.8 Å². The molecule has 1 aliphatic carbocycles. The van der Waals surface area contributed by atoms with Crippen LogP contribution in [-0.4, -0.2) is 6.54 Å². The molecule has 0 spiro atoms. The van der Waals surface area contributed by atoms with Crippen molar-refractivity contribution in [2.45, 2.75) is 52.0 Å². The van der Waals surface area contributed by atoms with E-state index in [4.69, 9.17) is 11.6 Å².